The molecule has 0 amide bonds. The molecule has 0 aliphatic rings. The first-order valence-electron chi connectivity index (χ1n) is 5.39. The molecular formula is C13H7NO4S. The highest BCUT2D eigenvalue weighted by molar-refractivity contribution is 7.71. The van der Waals surface area contributed by atoms with Gasteiger partial charge < -0.3 is 13.6 Å². The molecule has 2 heterocycles. The van der Waals surface area contributed by atoms with Crippen LogP contribution in [0.15, 0.2) is 51.6 Å². The van der Waals surface area contributed by atoms with Crippen molar-refractivity contribution in [2.75, 3.05) is 0 Å². The van der Waals surface area contributed by atoms with Crippen LogP contribution in [0.25, 0.3) is 11.2 Å². The number of hydrogen-bond acceptors (Lipinski definition) is 6. The predicted octanol–water partition coefficient (Wildman–Crippen LogP) is 3.37. The first-order valence-corrected chi connectivity index (χ1v) is 5.80. The molecule has 0 saturated carbocycles. The maximum absolute atomic E-state index is 11.9. The maximum atomic E-state index is 11.9. The van der Waals surface area contributed by atoms with Crippen molar-refractivity contribution in [3.8, 4) is 5.75 Å². The number of carbonyl (C=O) groups is 1. The van der Waals surface area contributed by atoms with E-state index in [0.717, 1.165) is 0 Å². The van der Waals surface area contributed by atoms with Gasteiger partial charge in [-0.1, -0.05) is 6.07 Å². The summed E-state index contributed by atoms with van der Waals surface area (Å²) in [6.45, 7) is 0. The van der Waals surface area contributed by atoms with Gasteiger partial charge in [0.05, 0.1) is 5.56 Å². The number of pyridine rings is 1. The molecule has 0 unspecified atom stereocenters. The van der Waals surface area contributed by atoms with Gasteiger partial charge >= 0.3 is 10.9 Å². The van der Waals surface area contributed by atoms with Crippen LogP contribution in [0.1, 0.15) is 10.4 Å². The molecule has 3 aromatic rings. The quantitative estimate of drug-likeness (QED) is 0.405. The summed E-state index contributed by atoms with van der Waals surface area (Å²) in [6, 6.07) is 8.23. The molecule has 0 spiro atoms. The molecule has 94 valence electrons. The van der Waals surface area contributed by atoms with Gasteiger partial charge in [0.15, 0.2) is 11.3 Å². The van der Waals surface area contributed by atoms with Gasteiger partial charge in [0.2, 0.25) is 5.58 Å². The van der Waals surface area contributed by atoms with Crippen LogP contribution in [0, 0.1) is 4.90 Å². The molecule has 0 aliphatic heterocycles. The zero-order chi connectivity index (χ0) is 13.2. The Labute approximate surface area is 112 Å². The molecule has 1 aromatic carbocycles. The Morgan fingerprint density at radius 1 is 1.21 bits per heavy atom. The van der Waals surface area contributed by atoms with Gasteiger partial charge in [-0.15, -0.1) is 0 Å². The van der Waals surface area contributed by atoms with E-state index >= 15 is 0 Å². The molecule has 5 nitrogen and oxygen atoms in total. The Morgan fingerprint density at radius 3 is 2.89 bits per heavy atom. The number of carbonyl (C=O) groups excluding carboxylic acids is 1. The second-order valence-electron chi connectivity index (χ2n) is 3.67. The number of esters is 1. The second-order valence-corrected chi connectivity index (χ2v) is 4.00. The van der Waals surface area contributed by atoms with Crippen LogP contribution in [-0.4, -0.2) is 11.0 Å². The Kier molecular flexibility index (Phi) is 2.85. The van der Waals surface area contributed by atoms with Crippen molar-refractivity contribution in [1.82, 2.24) is 4.98 Å². The fraction of sp³-hybridized carbons (Fsp3) is 0. The van der Waals surface area contributed by atoms with Gasteiger partial charge in [-0.05, 0) is 24.3 Å². The van der Waals surface area contributed by atoms with E-state index in [1.54, 1.807) is 36.5 Å². The number of fused-ring (bicyclic) bond motifs is 1. The largest absolute Gasteiger partial charge is 0.419 e. The van der Waals surface area contributed by atoms with Gasteiger partial charge in [-0.2, -0.15) is 0 Å². The van der Waals surface area contributed by atoms with Crippen molar-refractivity contribution in [3.05, 3.63) is 53.2 Å². The van der Waals surface area contributed by atoms with Gasteiger partial charge in [0, 0.05) is 24.6 Å². The first-order chi connectivity index (χ1) is 9.24. The van der Waals surface area contributed by atoms with Crippen LogP contribution in [-0.2, 0) is 0 Å². The minimum atomic E-state index is -0.525. The normalized spacial score (nSPS) is 10.5. The average Bonchev–Trinajstić information content (AvgIpc) is 2.81. The summed E-state index contributed by atoms with van der Waals surface area (Å²) >= 11 is 4.80. The second kappa shape index (κ2) is 4.66. The van der Waals surface area contributed by atoms with E-state index < -0.39 is 5.97 Å². The lowest BCUT2D eigenvalue weighted by Gasteiger charge is -2.03. The third-order valence-corrected chi connectivity index (χ3v) is 2.59. The number of nitrogens with zero attached hydrogens (tertiary/aromatic N) is 1. The summed E-state index contributed by atoms with van der Waals surface area (Å²) < 4.78 is 15.6. The van der Waals surface area contributed by atoms with Crippen molar-refractivity contribution < 1.29 is 18.4 Å². The number of benzene rings is 1. The molecular weight excluding hydrogens is 266 g/mol. The lowest BCUT2D eigenvalue weighted by molar-refractivity contribution is 0.0735. The topological polar surface area (TPSA) is 65.5 Å². The summed E-state index contributed by atoms with van der Waals surface area (Å²) in [5.74, 6) is -0.269. The fourth-order valence-corrected chi connectivity index (χ4v) is 1.77. The Balaban J connectivity index is 1.98. The molecule has 0 bridgehead atoms. The average molecular weight is 273 g/mol. The lowest BCUT2D eigenvalue weighted by Crippen LogP contribution is -2.08. The summed E-state index contributed by atoms with van der Waals surface area (Å²) in [5.41, 5.74) is 1.09. The molecule has 2 aromatic heterocycles. The highest BCUT2D eigenvalue weighted by atomic mass is 32.1. The molecule has 0 atom stereocenters. The van der Waals surface area contributed by atoms with Crippen LogP contribution < -0.4 is 4.74 Å². The zero-order valence-electron chi connectivity index (χ0n) is 9.53. The Bertz CT molecular complexity index is 791. The van der Waals surface area contributed by atoms with E-state index in [1.165, 1.54) is 6.20 Å². The monoisotopic (exact) mass is 273 g/mol. The Morgan fingerprint density at radius 2 is 2.11 bits per heavy atom. The standard InChI is InChI=1S/C13H7NO4S/c15-12(8-3-2-6-14-7-8)16-9-4-1-5-10-11(9)18-13(19)17-10/h1-7H. The summed E-state index contributed by atoms with van der Waals surface area (Å²) in [6.07, 6.45) is 3.00. The first kappa shape index (κ1) is 11.6. The van der Waals surface area contributed by atoms with E-state index in [9.17, 15) is 4.79 Å². The van der Waals surface area contributed by atoms with E-state index in [1.807, 2.05) is 0 Å². The van der Waals surface area contributed by atoms with Crippen LogP contribution in [0.2, 0.25) is 0 Å². The minimum absolute atomic E-state index is 0.0140. The third-order valence-electron chi connectivity index (χ3n) is 2.42. The van der Waals surface area contributed by atoms with Crippen molar-refractivity contribution >= 4 is 29.4 Å². The molecule has 6 heteroatoms. The van der Waals surface area contributed by atoms with Crippen LogP contribution in [0.5, 0.6) is 5.75 Å². The van der Waals surface area contributed by atoms with E-state index in [4.69, 9.17) is 25.8 Å². The SMILES string of the molecule is O=C(Oc1cccc2oc(=S)oc12)c1cccnc1. The molecule has 0 aliphatic carbocycles. The molecule has 19 heavy (non-hydrogen) atoms. The fourth-order valence-electron chi connectivity index (χ4n) is 1.59. The molecule has 0 fully saturated rings. The number of hydrogen-bond donors (Lipinski definition) is 0. The highest BCUT2D eigenvalue weighted by Gasteiger charge is 2.14. The minimum Gasteiger partial charge on any atom is -0.419 e. The number of rotatable bonds is 2. The molecule has 0 radical (unpaired) electrons. The predicted molar refractivity (Wildman–Crippen MR) is 68.5 cm³/mol. The smallest absolute Gasteiger partial charge is 0.363 e. The van der Waals surface area contributed by atoms with Crippen molar-refractivity contribution in [2.24, 2.45) is 0 Å². The van der Waals surface area contributed by atoms with Gasteiger partial charge in [-0.3, -0.25) is 4.98 Å². The van der Waals surface area contributed by atoms with Crippen molar-refractivity contribution in [3.63, 3.8) is 0 Å². The third kappa shape index (κ3) is 2.25. The van der Waals surface area contributed by atoms with E-state index in [-0.39, 0.29) is 10.7 Å². The summed E-state index contributed by atoms with van der Waals surface area (Å²) in [7, 11) is 0. The number of aromatic nitrogens is 1. The number of para-hydroxylation sites is 1. The summed E-state index contributed by atoms with van der Waals surface area (Å²) in [5, 5.41) is 0. The van der Waals surface area contributed by atoms with Gasteiger partial charge in [-0.25, -0.2) is 4.79 Å². The van der Waals surface area contributed by atoms with E-state index in [2.05, 4.69) is 4.98 Å². The maximum Gasteiger partial charge on any atom is 0.363 e. The van der Waals surface area contributed by atoms with E-state index in [0.29, 0.717) is 16.7 Å². The van der Waals surface area contributed by atoms with Gasteiger partial charge in [0.1, 0.15) is 0 Å². The molecule has 0 N–H and O–H groups in total. The zero-order valence-corrected chi connectivity index (χ0v) is 10.3. The van der Waals surface area contributed by atoms with Crippen LogP contribution in [0.4, 0.5) is 0 Å². The van der Waals surface area contributed by atoms with Crippen LogP contribution >= 0.6 is 12.2 Å². The van der Waals surface area contributed by atoms with Crippen molar-refractivity contribution in [2.45, 2.75) is 0 Å². The van der Waals surface area contributed by atoms with Crippen molar-refractivity contribution in [1.29, 1.82) is 0 Å². The number of ether oxygens (including phenoxy) is 1. The van der Waals surface area contributed by atoms with Gasteiger partial charge in [0.25, 0.3) is 0 Å². The highest BCUT2D eigenvalue weighted by Crippen LogP contribution is 2.27. The Hall–Kier alpha value is -2.47. The molecule has 3 rings (SSSR count). The summed E-state index contributed by atoms with van der Waals surface area (Å²) in [4.78, 5) is 15.7. The lowest BCUT2D eigenvalue weighted by atomic mass is 10.3. The van der Waals surface area contributed by atoms with Crippen LogP contribution in [0.3, 0.4) is 0 Å². The molecule has 0 saturated heterocycles.